The van der Waals surface area contributed by atoms with Crippen LogP contribution < -0.4 is 4.90 Å². The van der Waals surface area contributed by atoms with E-state index in [1.807, 2.05) is 11.7 Å². The number of anilines is 1. The van der Waals surface area contributed by atoms with Crippen molar-refractivity contribution in [1.82, 2.24) is 19.7 Å². The van der Waals surface area contributed by atoms with Crippen molar-refractivity contribution in [3.63, 3.8) is 0 Å². The Morgan fingerprint density at radius 3 is 3.00 bits per heavy atom. The van der Waals surface area contributed by atoms with E-state index in [9.17, 15) is 0 Å². The minimum Gasteiger partial charge on any atom is -0.345 e. The highest BCUT2D eigenvalue weighted by atomic mass is 32.1. The lowest BCUT2D eigenvalue weighted by atomic mass is 10.2. The molecular formula is C13H19N5S. The number of hydrogen-bond donors (Lipinski definition) is 0. The van der Waals surface area contributed by atoms with Crippen LogP contribution in [-0.2, 0) is 7.05 Å². The van der Waals surface area contributed by atoms with Gasteiger partial charge in [0.2, 0.25) is 0 Å². The Hall–Kier alpha value is -1.14. The maximum atomic E-state index is 4.80. The van der Waals surface area contributed by atoms with Crippen LogP contribution in [0, 0.1) is 6.92 Å². The fourth-order valence-corrected chi connectivity index (χ4v) is 4.44. The van der Waals surface area contributed by atoms with Gasteiger partial charge in [-0.15, -0.1) is 0 Å². The van der Waals surface area contributed by atoms with Gasteiger partial charge in [0.25, 0.3) is 0 Å². The van der Waals surface area contributed by atoms with E-state index >= 15 is 0 Å². The summed E-state index contributed by atoms with van der Waals surface area (Å²) >= 11 is 1.80. The Kier molecular flexibility index (Phi) is 2.57. The molecule has 4 heterocycles. The second kappa shape index (κ2) is 4.18. The predicted octanol–water partition coefficient (Wildman–Crippen LogP) is 1.62. The Balaban J connectivity index is 1.65. The molecule has 0 aromatic carbocycles. The van der Waals surface area contributed by atoms with Gasteiger partial charge < -0.3 is 4.90 Å². The molecule has 1 atom stereocenters. The molecule has 0 radical (unpaired) electrons. The lowest BCUT2D eigenvalue weighted by Gasteiger charge is -2.37. The molecular weight excluding hydrogens is 258 g/mol. The first kappa shape index (κ1) is 11.7. The topological polar surface area (TPSA) is 37.2 Å². The maximum Gasteiger partial charge on any atom is 0.188 e. The average Bonchev–Trinajstić information content (AvgIpc) is 3.08. The van der Waals surface area contributed by atoms with Gasteiger partial charge in [-0.25, -0.2) is 9.67 Å². The van der Waals surface area contributed by atoms with Crippen LogP contribution in [-0.4, -0.2) is 51.9 Å². The molecule has 1 unspecified atom stereocenters. The normalized spacial score (nSPS) is 24.3. The maximum absolute atomic E-state index is 4.80. The van der Waals surface area contributed by atoms with Crippen molar-refractivity contribution >= 4 is 26.8 Å². The number of fused-ring (bicyclic) bond motifs is 2. The summed E-state index contributed by atoms with van der Waals surface area (Å²) in [4.78, 5) is 9.90. The standard InChI is InChI=1S/C13H19N5S/c1-9-11-12(16(2)15-9)14-13(19-11)18-7-6-17-5-3-4-10(17)8-18/h10H,3-8H2,1-2H3. The van der Waals surface area contributed by atoms with Crippen LogP contribution in [0.2, 0.25) is 0 Å². The van der Waals surface area contributed by atoms with E-state index in [1.165, 1.54) is 35.8 Å². The molecule has 2 aliphatic heterocycles. The van der Waals surface area contributed by atoms with E-state index < -0.39 is 0 Å². The van der Waals surface area contributed by atoms with Gasteiger partial charge in [-0.1, -0.05) is 11.3 Å². The van der Waals surface area contributed by atoms with Crippen LogP contribution in [0.5, 0.6) is 0 Å². The number of thiazole rings is 1. The SMILES string of the molecule is Cc1nn(C)c2nc(N3CCN4CCCC4C3)sc12. The minimum atomic E-state index is 0.750. The van der Waals surface area contributed by atoms with Gasteiger partial charge in [0, 0.05) is 32.7 Å². The third kappa shape index (κ3) is 1.77. The monoisotopic (exact) mass is 277 g/mol. The van der Waals surface area contributed by atoms with Gasteiger partial charge >= 0.3 is 0 Å². The zero-order valence-electron chi connectivity index (χ0n) is 11.5. The smallest absolute Gasteiger partial charge is 0.188 e. The van der Waals surface area contributed by atoms with Crippen LogP contribution in [0.25, 0.3) is 10.3 Å². The van der Waals surface area contributed by atoms with Crippen LogP contribution in [0.1, 0.15) is 18.5 Å². The van der Waals surface area contributed by atoms with Crippen molar-refractivity contribution in [3.05, 3.63) is 5.69 Å². The highest BCUT2D eigenvalue weighted by molar-refractivity contribution is 7.22. The van der Waals surface area contributed by atoms with E-state index in [1.54, 1.807) is 11.3 Å². The first-order chi connectivity index (χ1) is 9.22. The molecule has 5 nitrogen and oxygen atoms in total. The predicted molar refractivity (Wildman–Crippen MR) is 77.9 cm³/mol. The zero-order chi connectivity index (χ0) is 13.0. The number of piperazine rings is 1. The molecule has 4 rings (SSSR count). The van der Waals surface area contributed by atoms with Gasteiger partial charge in [0.05, 0.1) is 10.4 Å². The Morgan fingerprint density at radius 1 is 1.26 bits per heavy atom. The van der Waals surface area contributed by atoms with Crippen LogP contribution in [0.15, 0.2) is 0 Å². The van der Waals surface area contributed by atoms with Gasteiger partial charge in [0.1, 0.15) is 0 Å². The van der Waals surface area contributed by atoms with Crippen molar-refractivity contribution in [2.75, 3.05) is 31.1 Å². The van der Waals surface area contributed by atoms with E-state index in [4.69, 9.17) is 4.98 Å². The average molecular weight is 277 g/mol. The summed E-state index contributed by atoms with van der Waals surface area (Å²) in [6.07, 6.45) is 2.71. The van der Waals surface area contributed by atoms with Crippen molar-refractivity contribution in [3.8, 4) is 0 Å². The summed E-state index contributed by atoms with van der Waals surface area (Å²) in [6, 6.07) is 0.750. The zero-order valence-corrected chi connectivity index (χ0v) is 12.3. The molecule has 2 saturated heterocycles. The highest BCUT2D eigenvalue weighted by Gasteiger charge is 2.31. The number of rotatable bonds is 1. The van der Waals surface area contributed by atoms with Gasteiger partial charge in [0.15, 0.2) is 10.8 Å². The van der Waals surface area contributed by atoms with Crippen LogP contribution >= 0.6 is 11.3 Å². The summed E-state index contributed by atoms with van der Waals surface area (Å²) in [7, 11) is 1.98. The number of nitrogens with zero attached hydrogens (tertiary/aromatic N) is 5. The fourth-order valence-electron chi connectivity index (χ4n) is 3.37. The van der Waals surface area contributed by atoms with Gasteiger partial charge in [-0.05, 0) is 26.3 Å². The highest BCUT2D eigenvalue weighted by Crippen LogP contribution is 2.33. The Labute approximate surface area is 116 Å². The summed E-state index contributed by atoms with van der Waals surface area (Å²) < 4.78 is 3.14. The van der Waals surface area contributed by atoms with Crippen molar-refractivity contribution in [2.45, 2.75) is 25.8 Å². The van der Waals surface area contributed by atoms with Crippen molar-refractivity contribution < 1.29 is 0 Å². The van der Waals surface area contributed by atoms with Gasteiger partial charge in [-0.2, -0.15) is 5.10 Å². The number of aromatic nitrogens is 3. The molecule has 0 aliphatic carbocycles. The molecule has 0 amide bonds. The minimum absolute atomic E-state index is 0.750. The second-order valence-electron chi connectivity index (χ2n) is 5.64. The molecule has 2 fully saturated rings. The molecule has 0 bridgehead atoms. The number of hydrogen-bond acceptors (Lipinski definition) is 5. The summed E-state index contributed by atoms with van der Waals surface area (Å²) in [6.45, 7) is 6.81. The lowest BCUT2D eigenvalue weighted by molar-refractivity contribution is 0.231. The van der Waals surface area contributed by atoms with Crippen molar-refractivity contribution in [2.24, 2.45) is 7.05 Å². The summed E-state index contributed by atoms with van der Waals surface area (Å²) in [5.41, 5.74) is 2.13. The molecule has 2 aromatic rings. The molecule has 0 N–H and O–H groups in total. The van der Waals surface area contributed by atoms with Crippen LogP contribution in [0.4, 0.5) is 5.13 Å². The Bertz CT molecular complexity index is 581. The quantitative estimate of drug-likeness (QED) is 0.794. The van der Waals surface area contributed by atoms with E-state index in [0.29, 0.717) is 0 Å². The first-order valence-corrected chi connectivity index (χ1v) is 7.83. The van der Waals surface area contributed by atoms with E-state index in [-0.39, 0.29) is 0 Å². The van der Waals surface area contributed by atoms with Crippen LogP contribution in [0.3, 0.4) is 0 Å². The molecule has 0 saturated carbocycles. The first-order valence-electron chi connectivity index (χ1n) is 7.01. The molecule has 6 heteroatoms. The molecule has 2 aromatic heterocycles. The van der Waals surface area contributed by atoms with Gasteiger partial charge in [-0.3, -0.25) is 4.90 Å². The lowest BCUT2D eigenvalue weighted by Crippen LogP contribution is -2.50. The second-order valence-corrected chi connectivity index (χ2v) is 6.61. The molecule has 0 spiro atoms. The summed E-state index contributed by atoms with van der Waals surface area (Å²) in [5.74, 6) is 0. The molecule has 102 valence electrons. The number of aryl methyl sites for hydroxylation is 2. The van der Waals surface area contributed by atoms with E-state index in [0.717, 1.165) is 30.5 Å². The molecule has 19 heavy (non-hydrogen) atoms. The molecule has 2 aliphatic rings. The van der Waals surface area contributed by atoms with Crippen molar-refractivity contribution in [1.29, 1.82) is 0 Å². The third-order valence-corrected chi connectivity index (χ3v) is 5.61. The summed E-state index contributed by atoms with van der Waals surface area (Å²) in [5, 5.41) is 5.61. The Morgan fingerprint density at radius 2 is 2.16 bits per heavy atom. The van der Waals surface area contributed by atoms with E-state index in [2.05, 4.69) is 21.8 Å². The third-order valence-electron chi connectivity index (χ3n) is 4.39. The largest absolute Gasteiger partial charge is 0.345 e. The fraction of sp³-hybridized carbons (Fsp3) is 0.692.